The van der Waals surface area contributed by atoms with Crippen molar-refractivity contribution in [3.05, 3.63) is 57.9 Å². The fourth-order valence-electron chi connectivity index (χ4n) is 1.91. The van der Waals surface area contributed by atoms with Gasteiger partial charge in [0.25, 0.3) is 0 Å². The smallest absolute Gasteiger partial charge is 0.134 e. The predicted molar refractivity (Wildman–Crippen MR) is 66.6 cm³/mol. The van der Waals surface area contributed by atoms with Gasteiger partial charge in [0.05, 0.1) is 5.41 Å². The number of carbonyl (C=O) groups is 1. The van der Waals surface area contributed by atoms with Crippen LogP contribution < -0.4 is 0 Å². The second-order valence-electron chi connectivity index (χ2n) is 3.96. The van der Waals surface area contributed by atoms with Crippen LogP contribution in [-0.4, -0.2) is 6.29 Å². The molecule has 0 heterocycles. The quantitative estimate of drug-likeness (QED) is 0.745. The Morgan fingerprint density at radius 1 is 1.24 bits per heavy atom. The van der Waals surface area contributed by atoms with Crippen LogP contribution in [0.1, 0.15) is 12.0 Å². The van der Waals surface area contributed by atoms with E-state index in [0.29, 0.717) is 22.0 Å². The Labute approximate surface area is 109 Å². The van der Waals surface area contributed by atoms with E-state index in [4.69, 9.17) is 23.2 Å². The highest BCUT2D eigenvalue weighted by atomic mass is 35.5. The van der Waals surface area contributed by atoms with E-state index in [1.165, 1.54) is 12.1 Å². The molecule has 0 spiro atoms. The summed E-state index contributed by atoms with van der Waals surface area (Å²) >= 11 is 11.9. The van der Waals surface area contributed by atoms with Crippen LogP contribution in [0.3, 0.4) is 0 Å². The molecule has 1 aliphatic rings. The van der Waals surface area contributed by atoms with Crippen molar-refractivity contribution < 1.29 is 9.18 Å². The van der Waals surface area contributed by atoms with Gasteiger partial charge in [0, 0.05) is 16.5 Å². The minimum atomic E-state index is -0.892. The van der Waals surface area contributed by atoms with Crippen molar-refractivity contribution in [2.75, 3.05) is 0 Å². The summed E-state index contributed by atoms with van der Waals surface area (Å²) in [5, 5.41) is 0.923. The van der Waals surface area contributed by atoms with E-state index in [-0.39, 0.29) is 5.82 Å². The van der Waals surface area contributed by atoms with Crippen LogP contribution in [0.5, 0.6) is 0 Å². The number of hydrogen-bond acceptors (Lipinski definition) is 1. The maximum Gasteiger partial charge on any atom is 0.134 e. The van der Waals surface area contributed by atoms with Gasteiger partial charge in [-0.1, -0.05) is 35.3 Å². The SMILES string of the molecule is O=CC1(c2ccc(F)cc2)C=C(Cl)C=C(Cl)C1. The van der Waals surface area contributed by atoms with Crippen LogP contribution in [0.25, 0.3) is 0 Å². The molecule has 88 valence electrons. The van der Waals surface area contributed by atoms with Gasteiger partial charge in [-0.05, 0) is 29.8 Å². The predicted octanol–water partition coefficient (Wildman–Crippen LogP) is 3.91. The normalized spacial score (nSPS) is 23.9. The Morgan fingerprint density at radius 3 is 2.41 bits per heavy atom. The summed E-state index contributed by atoms with van der Waals surface area (Å²) < 4.78 is 12.9. The third-order valence-electron chi connectivity index (χ3n) is 2.74. The summed E-state index contributed by atoms with van der Waals surface area (Å²) in [5.41, 5.74) is -0.213. The number of benzene rings is 1. The molecule has 0 fully saturated rings. The van der Waals surface area contributed by atoms with Gasteiger partial charge in [-0.15, -0.1) is 0 Å². The fourth-order valence-corrected chi connectivity index (χ4v) is 2.63. The van der Waals surface area contributed by atoms with Gasteiger partial charge in [0.1, 0.15) is 12.1 Å². The van der Waals surface area contributed by atoms with Crippen LogP contribution in [0.4, 0.5) is 4.39 Å². The first-order valence-corrected chi connectivity index (χ1v) is 5.78. The highest BCUT2D eigenvalue weighted by Crippen LogP contribution is 2.38. The third kappa shape index (κ3) is 2.43. The molecule has 0 N–H and O–H groups in total. The average Bonchev–Trinajstić information content (AvgIpc) is 2.28. The molecule has 1 aromatic carbocycles. The van der Waals surface area contributed by atoms with Crippen molar-refractivity contribution in [1.29, 1.82) is 0 Å². The number of allylic oxidation sites excluding steroid dienone is 4. The molecule has 0 saturated carbocycles. The van der Waals surface area contributed by atoms with Crippen molar-refractivity contribution in [2.24, 2.45) is 0 Å². The van der Waals surface area contributed by atoms with Crippen LogP contribution in [0, 0.1) is 5.82 Å². The zero-order valence-electron chi connectivity index (χ0n) is 8.79. The van der Waals surface area contributed by atoms with Gasteiger partial charge in [-0.25, -0.2) is 4.39 Å². The van der Waals surface area contributed by atoms with Crippen LogP contribution in [-0.2, 0) is 10.2 Å². The molecule has 0 saturated heterocycles. The van der Waals surface area contributed by atoms with Crippen molar-refractivity contribution in [2.45, 2.75) is 11.8 Å². The Balaban J connectivity index is 2.49. The highest BCUT2D eigenvalue weighted by Gasteiger charge is 2.33. The largest absolute Gasteiger partial charge is 0.302 e. The molecule has 0 radical (unpaired) electrons. The molecule has 17 heavy (non-hydrogen) atoms. The number of halogens is 3. The molecule has 1 aliphatic carbocycles. The number of rotatable bonds is 2. The molecule has 4 heteroatoms. The molecule has 1 atom stereocenters. The van der Waals surface area contributed by atoms with Crippen LogP contribution in [0.2, 0.25) is 0 Å². The second kappa shape index (κ2) is 4.63. The van der Waals surface area contributed by atoms with E-state index < -0.39 is 5.41 Å². The zero-order chi connectivity index (χ0) is 12.5. The highest BCUT2D eigenvalue weighted by molar-refractivity contribution is 6.35. The molecular formula is C13H9Cl2FO. The minimum absolute atomic E-state index is 0.345. The molecule has 0 bridgehead atoms. The molecule has 0 aromatic heterocycles. The van der Waals surface area contributed by atoms with Gasteiger partial charge in [0.15, 0.2) is 0 Å². The Morgan fingerprint density at radius 2 is 1.88 bits per heavy atom. The van der Waals surface area contributed by atoms with Crippen molar-refractivity contribution in [3.63, 3.8) is 0 Å². The monoisotopic (exact) mass is 270 g/mol. The van der Waals surface area contributed by atoms with Crippen LogP contribution in [0.15, 0.2) is 46.5 Å². The maximum absolute atomic E-state index is 12.9. The standard InChI is InChI=1S/C13H9Cl2FO/c14-10-5-11(15)7-13(6-10,8-17)9-1-3-12(16)4-2-9/h1-6,8H,7H2. The van der Waals surface area contributed by atoms with E-state index in [0.717, 1.165) is 6.29 Å². The first-order chi connectivity index (χ1) is 8.05. The van der Waals surface area contributed by atoms with E-state index >= 15 is 0 Å². The minimum Gasteiger partial charge on any atom is -0.302 e. The van der Waals surface area contributed by atoms with E-state index in [2.05, 4.69) is 0 Å². The first kappa shape index (κ1) is 12.3. The molecule has 1 nitrogen and oxygen atoms in total. The van der Waals surface area contributed by atoms with Crippen molar-refractivity contribution in [3.8, 4) is 0 Å². The lowest BCUT2D eigenvalue weighted by Crippen LogP contribution is -2.27. The summed E-state index contributed by atoms with van der Waals surface area (Å²) in [6.07, 6.45) is 4.38. The summed E-state index contributed by atoms with van der Waals surface area (Å²) in [5.74, 6) is -0.345. The second-order valence-corrected chi connectivity index (χ2v) is 4.88. The zero-order valence-corrected chi connectivity index (χ0v) is 10.3. The van der Waals surface area contributed by atoms with Gasteiger partial charge >= 0.3 is 0 Å². The fraction of sp³-hybridized carbons (Fsp3) is 0.154. The van der Waals surface area contributed by atoms with Gasteiger partial charge in [-0.3, -0.25) is 0 Å². The Hall–Kier alpha value is -1.12. The summed E-state index contributed by atoms with van der Waals surface area (Å²) in [6.45, 7) is 0. The molecular weight excluding hydrogens is 262 g/mol. The lowest BCUT2D eigenvalue weighted by molar-refractivity contribution is -0.111. The van der Waals surface area contributed by atoms with E-state index in [9.17, 15) is 9.18 Å². The summed E-state index contributed by atoms with van der Waals surface area (Å²) in [6, 6.07) is 5.77. The summed E-state index contributed by atoms with van der Waals surface area (Å²) in [7, 11) is 0. The van der Waals surface area contributed by atoms with Crippen molar-refractivity contribution >= 4 is 29.5 Å². The number of aldehydes is 1. The number of carbonyl (C=O) groups excluding carboxylic acids is 1. The lowest BCUT2D eigenvalue weighted by Gasteiger charge is -2.27. The van der Waals surface area contributed by atoms with Crippen molar-refractivity contribution in [1.82, 2.24) is 0 Å². The maximum atomic E-state index is 12.9. The van der Waals surface area contributed by atoms with E-state index in [1.54, 1.807) is 24.3 Å². The lowest BCUT2D eigenvalue weighted by atomic mass is 9.76. The Bertz CT molecular complexity index is 505. The molecule has 0 amide bonds. The van der Waals surface area contributed by atoms with Crippen LogP contribution >= 0.6 is 23.2 Å². The Kier molecular flexibility index (Phi) is 3.36. The van der Waals surface area contributed by atoms with Gasteiger partial charge < -0.3 is 4.79 Å². The third-order valence-corrected chi connectivity index (χ3v) is 3.20. The average molecular weight is 271 g/mol. The first-order valence-electron chi connectivity index (χ1n) is 5.02. The van der Waals surface area contributed by atoms with E-state index in [1.807, 2.05) is 0 Å². The summed E-state index contributed by atoms with van der Waals surface area (Å²) in [4.78, 5) is 11.4. The topological polar surface area (TPSA) is 17.1 Å². The molecule has 2 rings (SSSR count). The molecule has 0 aliphatic heterocycles. The van der Waals surface area contributed by atoms with Gasteiger partial charge in [0.2, 0.25) is 0 Å². The van der Waals surface area contributed by atoms with Gasteiger partial charge in [-0.2, -0.15) is 0 Å². The molecule has 1 aromatic rings. The number of hydrogen-bond donors (Lipinski definition) is 0. The molecule has 1 unspecified atom stereocenters.